The Morgan fingerprint density at radius 3 is 2.23 bits per heavy atom. The minimum Gasteiger partial charge on any atom is -0.376 e. The third kappa shape index (κ3) is 6.51. The van der Waals surface area contributed by atoms with E-state index in [-0.39, 0.29) is 5.78 Å². The number of ether oxygens (including phenoxy) is 1. The number of carbonyl (C=O) groups is 1. The van der Waals surface area contributed by atoms with E-state index in [0.29, 0.717) is 19.6 Å². The minimum absolute atomic E-state index is 0.173. The molecule has 22 heavy (non-hydrogen) atoms. The van der Waals surface area contributed by atoms with Gasteiger partial charge in [0.15, 0.2) is 5.78 Å². The molecule has 0 saturated heterocycles. The van der Waals surface area contributed by atoms with Gasteiger partial charge >= 0.3 is 0 Å². The van der Waals surface area contributed by atoms with Crippen molar-refractivity contribution in [3.8, 4) is 0 Å². The van der Waals surface area contributed by atoms with Crippen LogP contribution in [0.15, 0.2) is 72.8 Å². The fourth-order valence-corrected chi connectivity index (χ4v) is 2.13. The lowest BCUT2D eigenvalue weighted by Gasteiger charge is -2.02. The molecular weight excluding hydrogens is 272 g/mol. The highest BCUT2D eigenvalue weighted by molar-refractivity contribution is 5.89. The molecule has 0 bridgehead atoms. The first-order valence-corrected chi connectivity index (χ1v) is 7.69. The first kappa shape index (κ1) is 16.2. The third-order valence-corrected chi connectivity index (χ3v) is 3.35. The van der Waals surface area contributed by atoms with E-state index in [4.69, 9.17) is 4.74 Å². The highest BCUT2D eigenvalue weighted by atomic mass is 16.5. The molecule has 0 fully saturated rings. The van der Waals surface area contributed by atoms with Crippen LogP contribution < -0.4 is 0 Å². The van der Waals surface area contributed by atoms with Crippen LogP contribution in [0.25, 0.3) is 0 Å². The van der Waals surface area contributed by atoms with E-state index in [2.05, 4.69) is 12.1 Å². The maximum absolute atomic E-state index is 11.7. The second kappa shape index (κ2) is 9.69. The van der Waals surface area contributed by atoms with Gasteiger partial charge in [-0.3, -0.25) is 4.79 Å². The molecule has 0 amide bonds. The zero-order chi connectivity index (χ0) is 15.5. The molecule has 2 heteroatoms. The molecule has 0 aliphatic heterocycles. The van der Waals surface area contributed by atoms with Gasteiger partial charge in [-0.25, -0.2) is 0 Å². The molecular formula is C20H22O2. The average molecular weight is 294 g/mol. The Hall–Kier alpha value is -2.19. The molecule has 0 unspecified atom stereocenters. The van der Waals surface area contributed by atoms with Crippen LogP contribution >= 0.6 is 0 Å². The summed E-state index contributed by atoms with van der Waals surface area (Å²) < 4.78 is 5.57. The summed E-state index contributed by atoms with van der Waals surface area (Å²) in [6.45, 7) is 1.26. The Bertz CT molecular complexity index is 573. The van der Waals surface area contributed by atoms with Gasteiger partial charge in [-0.2, -0.15) is 0 Å². The van der Waals surface area contributed by atoms with Gasteiger partial charge in [-0.1, -0.05) is 66.7 Å². The summed E-state index contributed by atoms with van der Waals surface area (Å²) in [5.74, 6) is 0.173. The van der Waals surface area contributed by atoms with Crippen molar-refractivity contribution in [1.82, 2.24) is 0 Å². The predicted octanol–water partition coefficient (Wildman–Crippen LogP) is 4.35. The summed E-state index contributed by atoms with van der Waals surface area (Å²) in [7, 11) is 0. The Morgan fingerprint density at radius 2 is 1.55 bits per heavy atom. The van der Waals surface area contributed by atoms with Crippen molar-refractivity contribution in [3.63, 3.8) is 0 Å². The fourth-order valence-electron chi connectivity index (χ4n) is 2.13. The van der Waals surface area contributed by atoms with Gasteiger partial charge in [-0.15, -0.1) is 0 Å². The molecule has 0 aromatic heterocycles. The van der Waals surface area contributed by atoms with E-state index in [9.17, 15) is 4.79 Å². The van der Waals surface area contributed by atoms with Crippen molar-refractivity contribution in [2.45, 2.75) is 25.9 Å². The summed E-state index contributed by atoms with van der Waals surface area (Å²) in [5, 5.41) is 0. The van der Waals surface area contributed by atoms with Crippen molar-refractivity contribution < 1.29 is 9.53 Å². The topological polar surface area (TPSA) is 26.3 Å². The number of hydrogen-bond acceptors (Lipinski definition) is 2. The van der Waals surface area contributed by atoms with E-state index in [1.54, 1.807) is 6.08 Å². The first-order chi connectivity index (χ1) is 10.8. The van der Waals surface area contributed by atoms with Gasteiger partial charge in [0.25, 0.3) is 0 Å². The Morgan fingerprint density at radius 1 is 0.909 bits per heavy atom. The zero-order valence-electron chi connectivity index (χ0n) is 12.8. The summed E-state index contributed by atoms with van der Waals surface area (Å²) in [5.41, 5.74) is 2.38. The van der Waals surface area contributed by atoms with E-state index < -0.39 is 0 Å². The molecule has 0 N–H and O–H groups in total. The quantitative estimate of drug-likeness (QED) is 0.507. The van der Waals surface area contributed by atoms with Crippen LogP contribution in [0.1, 0.15) is 24.0 Å². The number of rotatable bonds is 9. The van der Waals surface area contributed by atoms with E-state index in [0.717, 1.165) is 12.8 Å². The van der Waals surface area contributed by atoms with Gasteiger partial charge in [-0.05, 0) is 30.0 Å². The van der Waals surface area contributed by atoms with Crippen molar-refractivity contribution in [2.24, 2.45) is 0 Å². The normalized spacial score (nSPS) is 10.9. The van der Waals surface area contributed by atoms with E-state index in [1.807, 2.05) is 54.6 Å². The monoisotopic (exact) mass is 294 g/mol. The van der Waals surface area contributed by atoms with Crippen LogP contribution in [-0.4, -0.2) is 12.4 Å². The lowest BCUT2D eigenvalue weighted by molar-refractivity contribution is -0.114. The average Bonchev–Trinajstić information content (AvgIpc) is 2.58. The Kier molecular flexibility index (Phi) is 7.13. The highest BCUT2D eigenvalue weighted by Crippen LogP contribution is 2.04. The summed E-state index contributed by atoms with van der Waals surface area (Å²) >= 11 is 0. The molecule has 0 saturated carbocycles. The van der Waals surface area contributed by atoms with Gasteiger partial charge in [0, 0.05) is 6.42 Å². The molecule has 114 valence electrons. The molecule has 0 aliphatic rings. The van der Waals surface area contributed by atoms with E-state index >= 15 is 0 Å². The lowest BCUT2D eigenvalue weighted by atomic mass is 10.1. The minimum atomic E-state index is 0.173. The molecule has 0 atom stereocenters. The molecule has 0 spiro atoms. The van der Waals surface area contributed by atoms with Crippen molar-refractivity contribution >= 4 is 5.78 Å². The van der Waals surface area contributed by atoms with Crippen LogP contribution in [0, 0.1) is 0 Å². The third-order valence-electron chi connectivity index (χ3n) is 3.35. The van der Waals surface area contributed by atoms with Crippen LogP contribution in [-0.2, 0) is 22.6 Å². The number of aryl methyl sites for hydroxylation is 1. The molecule has 2 aromatic rings. The molecule has 0 radical (unpaired) electrons. The largest absolute Gasteiger partial charge is 0.376 e. The number of benzene rings is 2. The van der Waals surface area contributed by atoms with Gasteiger partial charge in [0.05, 0.1) is 13.2 Å². The SMILES string of the molecule is O=C(/C=C/CCOCc1ccccc1)CCc1ccccc1. The standard InChI is InChI=1S/C20H22O2/c21-20(15-14-18-9-3-1-4-10-18)13-7-8-16-22-17-19-11-5-2-6-12-19/h1-7,9-13H,8,14-17H2/b13-7+. The number of hydrogen-bond donors (Lipinski definition) is 0. The molecule has 2 rings (SSSR count). The van der Waals surface area contributed by atoms with Crippen molar-refractivity contribution in [3.05, 3.63) is 83.9 Å². The maximum Gasteiger partial charge on any atom is 0.155 e. The zero-order valence-corrected chi connectivity index (χ0v) is 12.8. The van der Waals surface area contributed by atoms with Gasteiger partial charge in [0.2, 0.25) is 0 Å². The Balaban J connectivity index is 1.56. The first-order valence-electron chi connectivity index (χ1n) is 7.69. The number of allylic oxidation sites excluding steroid dienone is 1. The maximum atomic E-state index is 11.7. The molecule has 2 aromatic carbocycles. The summed E-state index contributed by atoms with van der Waals surface area (Å²) in [6.07, 6.45) is 5.71. The van der Waals surface area contributed by atoms with Crippen molar-refractivity contribution in [1.29, 1.82) is 0 Å². The molecule has 0 aliphatic carbocycles. The molecule has 2 nitrogen and oxygen atoms in total. The van der Waals surface area contributed by atoms with Gasteiger partial charge in [0.1, 0.15) is 0 Å². The van der Waals surface area contributed by atoms with E-state index in [1.165, 1.54) is 11.1 Å². The van der Waals surface area contributed by atoms with Gasteiger partial charge < -0.3 is 4.74 Å². The highest BCUT2D eigenvalue weighted by Gasteiger charge is 1.98. The Labute approximate surface area is 132 Å². The second-order valence-corrected chi connectivity index (χ2v) is 5.18. The predicted molar refractivity (Wildman–Crippen MR) is 89.6 cm³/mol. The smallest absolute Gasteiger partial charge is 0.155 e. The molecule has 0 heterocycles. The fraction of sp³-hybridized carbons (Fsp3) is 0.250. The summed E-state index contributed by atoms with van der Waals surface area (Å²) in [4.78, 5) is 11.7. The number of ketones is 1. The van der Waals surface area contributed by atoms with Crippen LogP contribution in [0.5, 0.6) is 0 Å². The van der Waals surface area contributed by atoms with Crippen LogP contribution in [0.4, 0.5) is 0 Å². The lowest BCUT2D eigenvalue weighted by Crippen LogP contribution is -1.97. The van der Waals surface area contributed by atoms with Crippen LogP contribution in [0.2, 0.25) is 0 Å². The second-order valence-electron chi connectivity index (χ2n) is 5.18. The number of carbonyl (C=O) groups excluding carboxylic acids is 1. The summed E-state index contributed by atoms with van der Waals surface area (Å²) in [6, 6.07) is 20.2. The van der Waals surface area contributed by atoms with Crippen molar-refractivity contribution in [2.75, 3.05) is 6.61 Å². The van der Waals surface area contributed by atoms with Crippen LogP contribution in [0.3, 0.4) is 0 Å².